The van der Waals surface area contributed by atoms with Gasteiger partial charge in [0, 0.05) is 11.8 Å². The van der Waals surface area contributed by atoms with Gasteiger partial charge in [-0.1, -0.05) is 13.8 Å². The molecular formula is C19H30O3. The fraction of sp³-hybridized carbons (Fsp3) is 0.947. The van der Waals surface area contributed by atoms with E-state index in [0.717, 1.165) is 12.8 Å². The van der Waals surface area contributed by atoms with Crippen molar-refractivity contribution in [2.24, 2.45) is 34.5 Å². The lowest BCUT2D eigenvalue weighted by Gasteiger charge is -2.60. The van der Waals surface area contributed by atoms with Crippen LogP contribution in [-0.4, -0.2) is 23.3 Å². The van der Waals surface area contributed by atoms with E-state index in [-0.39, 0.29) is 16.8 Å². The maximum Gasteiger partial charge on any atom is 0.306 e. The number of rotatable bonds is 0. The van der Waals surface area contributed by atoms with Crippen LogP contribution in [0.1, 0.15) is 65.7 Å². The van der Waals surface area contributed by atoms with Crippen LogP contribution in [0.15, 0.2) is 0 Å². The van der Waals surface area contributed by atoms with Crippen molar-refractivity contribution in [1.82, 2.24) is 0 Å². The van der Waals surface area contributed by atoms with Crippen molar-refractivity contribution >= 4 is 5.97 Å². The van der Waals surface area contributed by atoms with Gasteiger partial charge in [-0.15, -0.1) is 0 Å². The molecule has 3 aliphatic carbocycles. The van der Waals surface area contributed by atoms with Gasteiger partial charge in [-0.3, -0.25) is 4.79 Å². The molecule has 0 spiro atoms. The fourth-order valence-corrected chi connectivity index (χ4v) is 6.83. The molecule has 22 heavy (non-hydrogen) atoms. The smallest absolute Gasteiger partial charge is 0.306 e. The molecule has 3 saturated carbocycles. The summed E-state index contributed by atoms with van der Waals surface area (Å²) in [5.74, 6) is 2.56. The molecule has 4 rings (SSSR count). The van der Waals surface area contributed by atoms with Crippen LogP contribution < -0.4 is 0 Å². The molecule has 0 aromatic rings. The molecule has 1 heterocycles. The average Bonchev–Trinajstić information content (AvgIpc) is 2.70. The van der Waals surface area contributed by atoms with Gasteiger partial charge in [0.05, 0.1) is 12.2 Å². The second-order valence-electron chi connectivity index (χ2n) is 9.29. The Morgan fingerprint density at radius 2 is 1.77 bits per heavy atom. The summed E-state index contributed by atoms with van der Waals surface area (Å²) in [6.45, 7) is 7.38. The molecule has 7 atom stereocenters. The molecule has 4 aliphatic rings. The lowest BCUT2D eigenvalue weighted by Crippen LogP contribution is -2.57. The van der Waals surface area contributed by atoms with E-state index >= 15 is 0 Å². The van der Waals surface area contributed by atoms with Crippen molar-refractivity contribution in [3.63, 3.8) is 0 Å². The quantitative estimate of drug-likeness (QED) is 0.696. The number of cyclic esters (lactones) is 1. The van der Waals surface area contributed by atoms with Gasteiger partial charge in [0.1, 0.15) is 0 Å². The van der Waals surface area contributed by atoms with Crippen molar-refractivity contribution in [3.05, 3.63) is 0 Å². The van der Waals surface area contributed by atoms with Crippen LogP contribution in [0.3, 0.4) is 0 Å². The summed E-state index contributed by atoms with van der Waals surface area (Å²) >= 11 is 0. The molecule has 0 aromatic carbocycles. The third-order valence-electron chi connectivity index (χ3n) is 8.58. The zero-order valence-corrected chi connectivity index (χ0v) is 14.2. The zero-order valence-electron chi connectivity index (χ0n) is 14.2. The minimum absolute atomic E-state index is 0.00497. The maximum atomic E-state index is 11.7. The Kier molecular flexibility index (Phi) is 3.06. The Hall–Kier alpha value is -0.570. The minimum Gasteiger partial charge on any atom is -0.465 e. The molecule has 0 radical (unpaired) electrons. The second kappa shape index (κ2) is 4.49. The van der Waals surface area contributed by atoms with Gasteiger partial charge in [0.25, 0.3) is 0 Å². The Morgan fingerprint density at radius 3 is 2.55 bits per heavy atom. The number of aliphatic hydroxyl groups is 1. The molecule has 4 fully saturated rings. The largest absolute Gasteiger partial charge is 0.465 e. The molecule has 1 saturated heterocycles. The summed E-state index contributed by atoms with van der Waals surface area (Å²) in [6, 6.07) is 0. The summed E-state index contributed by atoms with van der Waals surface area (Å²) in [5.41, 5.74) is -0.241. The summed E-state index contributed by atoms with van der Waals surface area (Å²) in [7, 11) is 0. The van der Waals surface area contributed by atoms with E-state index in [4.69, 9.17) is 4.74 Å². The van der Waals surface area contributed by atoms with Gasteiger partial charge in [0.15, 0.2) is 0 Å². The topological polar surface area (TPSA) is 46.5 Å². The summed E-state index contributed by atoms with van der Waals surface area (Å²) in [6.07, 6.45) is 7.48. The Balaban J connectivity index is 1.65. The second-order valence-corrected chi connectivity index (χ2v) is 9.29. The van der Waals surface area contributed by atoms with Crippen LogP contribution in [0.4, 0.5) is 0 Å². The summed E-state index contributed by atoms with van der Waals surface area (Å²) in [4.78, 5) is 11.7. The van der Waals surface area contributed by atoms with Crippen LogP contribution in [0, 0.1) is 34.5 Å². The van der Waals surface area contributed by atoms with E-state index in [1.165, 1.54) is 25.7 Å². The first-order chi connectivity index (χ1) is 10.3. The first kappa shape index (κ1) is 15.0. The highest BCUT2D eigenvalue weighted by Crippen LogP contribution is 2.67. The monoisotopic (exact) mass is 306 g/mol. The lowest BCUT2D eigenvalue weighted by atomic mass is 9.46. The van der Waals surface area contributed by atoms with E-state index in [2.05, 4.69) is 20.8 Å². The van der Waals surface area contributed by atoms with E-state index < -0.39 is 5.60 Å². The number of carbonyl (C=O) groups excluding carboxylic acids is 1. The summed E-state index contributed by atoms with van der Waals surface area (Å²) in [5, 5.41) is 10.9. The molecule has 1 N–H and O–H groups in total. The van der Waals surface area contributed by atoms with Crippen molar-refractivity contribution < 1.29 is 14.6 Å². The maximum absolute atomic E-state index is 11.7. The molecule has 3 nitrogen and oxygen atoms in total. The van der Waals surface area contributed by atoms with Crippen molar-refractivity contribution in [2.75, 3.05) is 6.61 Å². The van der Waals surface area contributed by atoms with E-state index in [1.807, 2.05) is 0 Å². The number of hydrogen-bond acceptors (Lipinski definition) is 3. The first-order valence-corrected chi connectivity index (χ1v) is 9.16. The number of hydrogen-bond donors (Lipinski definition) is 1. The molecule has 1 aliphatic heterocycles. The van der Waals surface area contributed by atoms with Gasteiger partial charge in [-0.05, 0) is 74.5 Å². The number of esters is 1. The van der Waals surface area contributed by atoms with E-state index in [1.54, 1.807) is 0 Å². The van der Waals surface area contributed by atoms with Gasteiger partial charge < -0.3 is 9.84 Å². The lowest BCUT2D eigenvalue weighted by molar-refractivity contribution is -0.186. The number of fused-ring (bicyclic) bond motifs is 5. The van der Waals surface area contributed by atoms with E-state index in [0.29, 0.717) is 36.7 Å². The van der Waals surface area contributed by atoms with Gasteiger partial charge in [-0.25, -0.2) is 0 Å². The third-order valence-corrected chi connectivity index (χ3v) is 8.58. The highest BCUT2D eigenvalue weighted by atomic mass is 16.5. The van der Waals surface area contributed by atoms with Gasteiger partial charge >= 0.3 is 5.97 Å². The van der Waals surface area contributed by atoms with Crippen LogP contribution in [0.5, 0.6) is 0 Å². The zero-order chi connectivity index (χ0) is 15.8. The molecular weight excluding hydrogens is 276 g/mol. The van der Waals surface area contributed by atoms with E-state index in [9.17, 15) is 9.90 Å². The highest BCUT2D eigenvalue weighted by Gasteiger charge is 2.63. The number of carbonyl (C=O) groups is 1. The Labute approximate surface area is 133 Å². The standard InChI is InChI=1S/C19H30O3/c1-17-11-22-16(20)10-12(17)4-5-13-14(17)6-8-18(2)15(13)7-9-19(18,3)21/h12-15,21H,4-11H2,1-3H3/t12?,13-,14-,15-,17-,18-,19-/m0/s1. The van der Waals surface area contributed by atoms with Crippen molar-refractivity contribution in [1.29, 1.82) is 0 Å². The average molecular weight is 306 g/mol. The fourth-order valence-electron chi connectivity index (χ4n) is 6.83. The van der Waals surface area contributed by atoms with Crippen LogP contribution in [-0.2, 0) is 9.53 Å². The number of ether oxygens (including phenoxy) is 1. The van der Waals surface area contributed by atoms with Gasteiger partial charge in [0.2, 0.25) is 0 Å². The van der Waals surface area contributed by atoms with Crippen LogP contribution in [0.25, 0.3) is 0 Å². The predicted octanol–water partition coefficient (Wildman–Crippen LogP) is 3.54. The third kappa shape index (κ3) is 1.75. The Bertz CT molecular complexity index is 499. The SMILES string of the molecule is C[C@]12COC(=O)CC1CC[C@H]1[C@@H]2CC[C@@]2(C)[C@H]1CC[C@]2(C)O. The summed E-state index contributed by atoms with van der Waals surface area (Å²) < 4.78 is 5.49. The van der Waals surface area contributed by atoms with Crippen LogP contribution in [0.2, 0.25) is 0 Å². The molecule has 0 aromatic heterocycles. The molecule has 0 bridgehead atoms. The highest BCUT2D eigenvalue weighted by molar-refractivity contribution is 5.70. The van der Waals surface area contributed by atoms with Crippen LogP contribution >= 0.6 is 0 Å². The normalized spacial score (nSPS) is 57.5. The molecule has 3 heteroatoms. The molecule has 124 valence electrons. The van der Waals surface area contributed by atoms with Crippen molar-refractivity contribution in [2.45, 2.75) is 71.3 Å². The van der Waals surface area contributed by atoms with Gasteiger partial charge in [-0.2, -0.15) is 0 Å². The minimum atomic E-state index is -0.501. The van der Waals surface area contributed by atoms with Crippen molar-refractivity contribution in [3.8, 4) is 0 Å². The first-order valence-electron chi connectivity index (χ1n) is 9.16. The molecule has 1 unspecified atom stereocenters. The molecule has 0 amide bonds. The Morgan fingerprint density at radius 1 is 1.05 bits per heavy atom. The predicted molar refractivity (Wildman–Crippen MR) is 84.1 cm³/mol.